The molecule has 2 heteroatoms. The van der Waals surface area contributed by atoms with E-state index in [2.05, 4.69) is 4.42 Å². The Bertz CT molecular complexity index is 64.0. The Labute approximate surface area is 50.0 Å². The van der Waals surface area contributed by atoms with E-state index in [1.54, 1.807) is 12.5 Å². The Morgan fingerprint density at radius 2 is 1.50 bits per heavy atom. The molecule has 1 rings (SSSR count). The molecule has 0 atom stereocenters. The summed E-state index contributed by atoms with van der Waals surface area (Å²) in [5, 5.41) is 0. The normalized spacial score (nSPS) is 6.67. The van der Waals surface area contributed by atoms with Crippen LogP contribution in [-0.4, -0.2) is 0 Å². The van der Waals surface area contributed by atoms with E-state index in [0.717, 1.165) is 0 Å². The van der Waals surface area contributed by atoms with Crippen molar-refractivity contribution < 1.29 is 24.8 Å². The van der Waals surface area contributed by atoms with E-state index in [0.29, 0.717) is 0 Å². The smallest absolute Gasteiger partial charge is 0.0902 e. The zero-order chi connectivity index (χ0) is 3.54. The first kappa shape index (κ1) is 5.94. The van der Waals surface area contributed by atoms with Gasteiger partial charge in [-0.15, -0.1) is 0 Å². The summed E-state index contributed by atoms with van der Waals surface area (Å²) < 4.78 is 4.58. The van der Waals surface area contributed by atoms with Crippen molar-refractivity contribution in [1.82, 2.24) is 0 Å². The fraction of sp³-hybridized carbons (Fsp3) is 0. The first-order chi connectivity index (χ1) is 2.50. The van der Waals surface area contributed by atoms with Gasteiger partial charge in [-0.25, -0.2) is 0 Å². The van der Waals surface area contributed by atoms with Gasteiger partial charge in [-0.1, -0.05) is 0 Å². The van der Waals surface area contributed by atoms with Gasteiger partial charge in [-0.2, -0.15) is 0 Å². The molecule has 0 fully saturated rings. The van der Waals surface area contributed by atoms with Crippen molar-refractivity contribution in [1.29, 1.82) is 0 Å². The second-order valence-corrected chi connectivity index (χ2v) is 0.793. The second-order valence-electron chi connectivity index (χ2n) is 0.793. The maximum absolute atomic E-state index is 4.58. The maximum atomic E-state index is 4.58. The predicted octanol–water partition coefficient (Wildman–Crippen LogP) is 1.28. The van der Waals surface area contributed by atoms with Gasteiger partial charge in [0.2, 0.25) is 0 Å². The third-order valence-corrected chi connectivity index (χ3v) is 0.425. The van der Waals surface area contributed by atoms with Gasteiger partial charge in [0.05, 0.1) is 12.5 Å². The molecule has 1 heterocycles. The molecule has 0 bridgehead atoms. The number of rotatable bonds is 0. The Morgan fingerprint density at radius 3 is 1.67 bits per heavy atom. The Kier molecular flexibility index (Phi) is 3.11. The summed E-state index contributed by atoms with van der Waals surface area (Å²) in [6, 6.07) is 3.67. The van der Waals surface area contributed by atoms with Crippen molar-refractivity contribution in [2.45, 2.75) is 0 Å². The number of furan rings is 1. The second kappa shape index (κ2) is 3.14. The molecule has 6 heavy (non-hydrogen) atoms. The molecule has 1 aromatic rings. The molecule has 1 aromatic heterocycles. The van der Waals surface area contributed by atoms with Crippen LogP contribution in [-0.2, 0) is 20.4 Å². The Morgan fingerprint density at radius 1 is 1.00 bits per heavy atom. The first-order valence-electron chi connectivity index (χ1n) is 1.47. The van der Waals surface area contributed by atoms with Crippen LogP contribution in [0.2, 0.25) is 0 Å². The van der Waals surface area contributed by atoms with Gasteiger partial charge in [-0.05, 0) is 12.1 Å². The monoisotopic (exact) mass is 174 g/mol. The van der Waals surface area contributed by atoms with Gasteiger partial charge < -0.3 is 4.42 Å². The van der Waals surface area contributed by atoms with Crippen LogP contribution < -0.4 is 0 Å². The van der Waals surface area contributed by atoms with Gasteiger partial charge in [0.1, 0.15) is 0 Å². The third kappa shape index (κ3) is 1.40. The van der Waals surface area contributed by atoms with Crippen molar-refractivity contribution in [2.24, 2.45) is 0 Å². The standard InChI is InChI=1S/C4H4O.Pd/c1-2-4-5-3-1;/h1-4H;. The molecule has 0 unspecified atom stereocenters. The Balaban J connectivity index is 0.000000250. The summed E-state index contributed by atoms with van der Waals surface area (Å²) in [5.41, 5.74) is 0. The van der Waals surface area contributed by atoms with E-state index in [-0.39, 0.29) is 20.4 Å². The van der Waals surface area contributed by atoms with E-state index in [9.17, 15) is 0 Å². The molecule has 0 aliphatic carbocycles. The zero-order valence-corrected chi connectivity index (χ0v) is 4.59. The molecule has 1 nitrogen and oxygen atoms in total. The molecule has 0 radical (unpaired) electrons. The van der Waals surface area contributed by atoms with Crippen LogP contribution in [0.25, 0.3) is 0 Å². The average Bonchev–Trinajstić information content (AvgIpc) is 1.76. The molecule has 36 valence electrons. The summed E-state index contributed by atoms with van der Waals surface area (Å²) in [5.74, 6) is 0. The minimum absolute atomic E-state index is 0. The topological polar surface area (TPSA) is 13.1 Å². The summed E-state index contributed by atoms with van der Waals surface area (Å²) >= 11 is 0. The molecule has 0 aromatic carbocycles. The summed E-state index contributed by atoms with van der Waals surface area (Å²) in [6.07, 6.45) is 3.25. The van der Waals surface area contributed by atoms with E-state index in [4.69, 9.17) is 0 Å². The van der Waals surface area contributed by atoms with Crippen LogP contribution in [0.3, 0.4) is 0 Å². The molecule has 0 aliphatic heterocycles. The Hall–Kier alpha value is -0.0577. The fourth-order valence-electron chi connectivity index (χ4n) is 0.227. The third-order valence-electron chi connectivity index (χ3n) is 0.425. The molecule has 0 saturated carbocycles. The molecule has 0 N–H and O–H groups in total. The van der Waals surface area contributed by atoms with Crippen molar-refractivity contribution in [3.05, 3.63) is 24.7 Å². The van der Waals surface area contributed by atoms with Crippen molar-refractivity contribution in [2.75, 3.05) is 0 Å². The van der Waals surface area contributed by atoms with Crippen molar-refractivity contribution >= 4 is 0 Å². The first-order valence-corrected chi connectivity index (χ1v) is 1.47. The maximum Gasteiger partial charge on any atom is 0.0902 e. The van der Waals surface area contributed by atoms with Crippen molar-refractivity contribution in [3.63, 3.8) is 0 Å². The summed E-state index contributed by atoms with van der Waals surface area (Å²) in [4.78, 5) is 0. The van der Waals surface area contributed by atoms with Crippen LogP contribution >= 0.6 is 0 Å². The molecular formula is C4H4OPd. The van der Waals surface area contributed by atoms with E-state index in [1.165, 1.54) is 0 Å². The predicted molar refractivity (Wildman–Crippen MR) is 18.7 cm³/mol. The summed E-state index contributed by atoms with van der Waals surface area (Å²) in [7, 11) is 0. The van der Waals surface area contributed by atoms with E-state index in [1.807, 2.05) is 12.1 Å². The minimum Gasteiger partial charge on any atom is -0.473 e. The van der Waals surface area contributed by atoms with E-state index >= 15 is 0 Å². The fourth-order valence-corrected chi connectivity index (χ4v) is 0.227. The van der Waals surface area contributed by atoms with Gasteiger partial charge in [-0.3, -0.25) is 0 Å². The summed E-state index contributed by atoms with van der Waals surface area (Å²) in [6.45, 7) is 0. The van der Waals surface area contributed by atoms with E-state index < -0.39 is 0 Å². The quantitative estimate of drug-likeness (QED) is 0.540. The van der Waals surface area contributed by atoms with Gasteiger partial charge in [0.15, 0.2) is 0 Å². The van der Waals surface area contributed by atoms with Crippen LogP contribution in [0.15, 0.2) is 29.1 Å². The van der Waals surface area contributed by atoms with Gasteiger partial charge >= 0.3 is 0 Å². The minimum atomic E-state index is 0. The number of hydrogen-bond donors (Lipinski definition) is 0. The zero-order valence-electron chi connectivity index (χ0n) is 3.03. The van der Waals surface area contributed by atoms with Crippen LogP contribution in [0.5, 0.6) is 0 Å². The molecular weight excluding hydrogens is 170 g/mol. The van der Waals surface area contributed by atoms with Gasteiger partial charge in [0.25, 0.3) is 0 Å². The van der Waals surface area contributed by atoms with Crippen LogP contribution in [0.1, 0.15) is 0 Å². The SMILES string of the molecule is [Pd].c1ccoc1. The van der Waals surface area contributed by atoms with Crippen LogP contribution in [0.4, 0.5) is 0 Å². The molecule has 0 aliphatic rings. The molecule has 0 amide bonds. The van der Waals surface area contributed by atoms with Gasteiger partial charge in [0, 0.05) is 20.4 Å². The molecule has 0 spiro atoms. The average molecular weight is 174 g/mol. The van der Waals surface area contributed by atoms with Crippen molar-refractivity contribution in [3.8, 4) is 0 Å². The van der Waals surface area contributed by atoms with Crippen LogP contribution in [0, 0.1) is 0 Å². The largest absolute Gasteiger partial charge is 0.473 e. The molecule has 0 saturated heterocycles. The number of hydrogen-bond acceptors (Lipinski definition) is 1.